The van der Waals surface area contributed by atoms with E-state index in [1.54, 1.807) is 6.92 Å². The average Bonchev–Trinajstić information content (AvgIpc) is 2.96. The summed E-state index contributed by atoms with van der Waals surface area (Å²) in [6.45, 7) is 5.86. The van der Waals surface area contributed by atoms with E-state index in [9.17, 15) is 13.6 Å². The predicted octanol–water partition coefficient (Wildman–Crippen LogP) is 2.48. The number of hydrogen-bond acceptors (Lipinski definition) is 5. The number of carboxylic acids is 1. The van der Waals surface area contributed by atoms with Gasteiger partial charge in [0.1, 0.15) is 11.5 Å². The first kappa shape index (κ1) is 16.5. The Balaban J connectivity index is 1.58. The number of fused-ring (bicyclic) bond motifs is 1. The molecule has 2 unspecified atom stereocenters. The van der Waals surface area contributed by atoms with Crippen LogP contribution in [0.25, 0.3) is 0 Å². The Hall–Kier alpha value is -1.99. The molecule has 0 aromatic carbocycles. The molecule has 6 nitrogen and oxygen atoms in total. The SMILES string of the molecule is Cc1c(C(F)F)nc(N2CC[C@@H]2C)nc1N1CC2C(CC(=O)O)C2C1. The third-order valence-electron chi connectivity index (χ3n) is 6.01. The van der Waals surface area contributed by atoms with Gasteiger partial charge in [0.2, 0.25) is 5.95 Å². The molecule has 1 aromatic heterocycles. The second kappa shape index (κ2) is 5.78. The monoisotopic (exact) mass is 352 g/mol. The van der Waals surface area contributed by atoms with Gasteiger partial charge in [-0.15, -0.1) is 0 Å². The average molecular weight is 352 g/mol. The highest BCUT2D eigenvalue weighted by Gasteiger charge is 2.56. The van der Waals surface area contributed by atoms with E-state index in [-0.39, 0.29) is 24.1 Å². The van der Waals surface area contributed by atoms with Crippen LogP contribution in [0.2, 0.25) is 0 Å². The van der Waals surface area contributed by atoms with Crippen molar-refractivity contribution in [2.24, 2.45) is 17.8 Å². The van der Waals surface area contributed by atoms with E-state index >= 15 is 0 Å². The van der Waals surface area contributed by atoms with Crippen molar-refractivity contribution >= 4 is 17.7 Å². The van der Waals surface area contributed by atoms with Crippen molar-refractivity contribution in [1.82, 2.24) is 9.97 Å². The Kier molecular flexibility index (Phi) is 3.81. The molecule has 3 fully saturated rings. The molecule has 1 saturated carbocycles. The van der Waals surface area contributed by atoms with E-state index in [0.29, 0.717) is 42.3 Å². The molecule has 25 heavy (non-hydrogen) atoms. The molecule has 0 bridgehead atoms. The minimum absolute atomic E-state index is 0.193. The lowest BCUT2D eigenvalue weighted by Gasteiger charge is -2.39. The Bertz CT molecular complexity index is 702. The van der Waals surface area contributed by atoms with Crippen LogP contribution in [0.15, 0.2) is 0 Å². The van der Waals surface area contributed by atoms with Crippen LogP contribution in [0.4, 0.5) is 20.5 Å². The molecule has 3 aliphatic rings. The Morgan fingerprint density at radius 3 is 2.48 bits per heavy atom. The molecule has 3 atom stereocenters. The zero-order valence-corrected chi connectivity index (χ0v) is 14.3. The molecule has 1 aliphatic carbocycles. The second-order valence-electron chi connectivity index (χ2n) is 7.48. The van der Waals surface area contributed by atoms with Crippen LogP contribution < -0.4 is 9.80 Å². The second-order valence-corrected chi connectivity index (χ2v) is 7.48. The fourth-order valence-electron chi connectivity index (χ4n) is 4.30. The summed E-state index contributed by atoms with van der Waals surface area (Å²) < 4.78 is 26.9. The first-order chi connectivity index (χ1) is 11.9. The van der Waals surface area contributed by atoms with Gasteiger partial charge in [0.05, 0.1) is 0 Å². The Morgan fingerprint density at radius 1 is 1.32 bits per heavy atom. The van der Waals surface area contributed by atoms with Crippen LogP contribution in [0.1, 0.15) is 37.4 Å². The number of piperidine rings is 1. The van der Waals surface area contributed by atoms with Crippen LogP contribution >= 0.6 is 0 Å². The number of nitrogens with zero attached hydrogens (tertiary/aromatic N) is 4. The van der Waals surface area contributed by atoms with Gasteiger partial charge in [0.15, 0.2) is 0 Å². The van der Waals surface area contributed by atoms with E-state index in [1.807, 2.05) is 16.7 Å². The largest absolute Gasteiger partial charge is 0.481 e. The fraction of sp³-hybridized carbons (Fsp3) is 0.706. The summed E-state index contributed by atoms with van der Waals surface area (Å²) >= 11 is 0. The van der Waals surface area contributed by atoms with Gasteiger partial charge in [-0.3, -0.25) is 4.79 Å². The topological polar surface area (TPSA) is 69.6 Å². The smallest absolute Gasteiger partial charge is 0.303 e. The number of alkyl halides is 2. The summed E-state index contributed by atoms with van der Waals surface area (Å²) in [5.74, 6) is 1.11. The molecule has 4 rings (SSSR count). The third-order valence-corrected chi connectivity index (χ3v) is 6.01. The van der Waals surface area contributed by atoms with Crippen LogP contribution in [0.3, 0.4) is 0 Å². The summed E-state index contributed by atoms with van der Waals surface area (Å²) in [6.07, 6.45) is -1.42. The Labute approximate surface area is 144 Å². The molecule has 0 radical (unpaired) electrons. The fourth-order valence-corrected chi connectivity index (χ4v) is 4.30. The molecule has 2 saturated heterocycles. The zero-order chi connectivity index (χ0) is 17.9. The minimum atomic E-state index is -2.63. The normalized spacial score (nSPS) is 30.4. The van der Waals surface area contributed by atoms with Crippen molar-refractivity contribution in [2.75, 3.05) is 29.4 Å². The quantitative estimate of drug-likeness (QED) is 0.878. The van der Waals surface area contributed by atoms with Gasteiger partial charge < -0.3 is 14.9 Å². The summed E-state index contributed by atoms with van der Waals surface area (Å²) in [7, 11) is 0. The van der Waals surface area contributed by atoms with E-state index in [4.69, 9.17) is 5.11 Å². The molecule has 136 valence electrons. The van der Waals surface area contributed by atoms with E-state index in [0.717, 1.165) is 13.0 Å². The van der Waals surface area contributed by atoms with Crippen molar-refractivity contribution < 1.29 is 18.7 Å². The van der Waals surface area contributed by atoms with Crippen molar-refractivity contribution in [3.63, 3.8) is 0 Å². The lowest BCUT2D eigenvalue weighted by Crippen LogP contribution is -2.47. The maximum absolute atomic E-state index is 13.5. The number of halogens is 2. The minimum Gasteiger partial charge on any atom is -0.481 e. The lowest BCUT2D eigenvalue weighted by atomic mass is 10.1. The first-order valence-corrected chi connectivity index (χ1v) is 8.77. The number of anilines is 2. The van der Waals surface area contributed by atoms with E-state index in [1.165, 1.54) is 0 Å². The molecular weight excluding hydrogens is 330 g/mol. The molecule has 2 aliphatic heterocycles. The predicted molar refractivity (Wildman–Crippen MR) is 88.1 cm³/mol. The van der Waals surface area contributed by atoms with Crippen LogP contribution in [-0.4, -0.2) is 46.7 Å². The molecule has 1 aromatic rings. The number of carbonyl (C=O) groups is 1. The maximum Gasteiger partial charge on any atom is 0.303 e. The summed E-state index contributed by atoms with van der Waals surface area (Å²) in [5.41, 5.74) is 0.241. The number of carboxylic acid groups (broad SMARTS) is 1. The lowest BCUT2D eigenvalue weighted by molar-refractivity contribution is -0.137. The van der Waals surface area contributed by atoms with Gasteiger partial charge in [-0.2, -0.15) is 4.98 Å². The molecule has 1 N–H and O–H groups in total. The molecule has 3 heterocycles. The first-order valence-electron chi connectivity index (χ1n) is 8.77. The number of aliphatic carboxylic acids is 1. The van der Waals surface area contributed by atoms with Gasteiger partial charge in [-0.1, -0.05) is 0 Å². The van der Waals surface area contributed by atoms with Crippen LogP contribution in [0.5, 0.6) is 0 Å². The van der Waals surface area contributed by atoms with Crippen molar-refractivity contribution in [2.45, 2.75) is 39.2 Å². The van der Waals surface area contributed by atoms with Crippen molar-refractivity contribution in [3.8, 4) is 0 Å². The van der Waals surface area contributed by atoms with Crippen LogP contribution in [-0.2, 0) is 4.79 Å². The zero-order valence-electron chi connectivity index (χ0n) is 14.3. The molecular formula is C17H22F2N4O2. The van der Waals surface area contributed by atoms with Crippen molar-refractivity contribution in [1.29, 1.82) is 0 Å². The summed E-state index contributed by atoms with van der Waals surface area (Å²) in [5, 5.41) is 8.94. The Morgan fingerprint density at radius 2 is 2.00 bits per heavy atom. The highest BCUT2D eigenvalue weighted by atomic mass is 19.3. The van der Waals surface area contributed by atoms with E-state index in [2.05, 4.69) is 9.97 Å². The van der Waals surface area contributed by atoms with Gasteiger partial charge in [-0.25, -0.2) is 13.8 Å². The standard InChI is InChI=1S/C17H22F2N4O2/c1-8-3-4-23(8)17-20-14(15(18)19)9(2)16(21-17)22-6-11-10(5-13(24)25)12(11)7-22/h8,10-12,15H,3-7H2,1-2H3,(H,24,25)/t8-,10?,11?,12?/m0/s1. The number of rotatable bonds is 5. The van der Waals surface area contributed by atoms with Crippen LogP contribution in [0, 0.1) is 24.7 Å². The number of aromatic nitrogens is 2. The van der Waals surface area contributed by atoms with Gasteiger partial charge in [-0.05, 0) is 38.0 Å². The maximum atomic E-state index is 13.5. The number of hydrogen-bond donors (Lipinski definition) is 1. The summed E-state index contributed by atoms with van der Waals surface area (Å²) in [4.78, 5) is 23.6. The van der Waals surface area contributed by atoms with Gasteiger partial charge in [0, 0.05) is 37.7 Å². The van der Waals surface area contributed by atoms with Gasteiger partial charge in [0.25, 0.3) is 6.43 Å². The summed E-state index contributed by atoms with van der Waals surface area (Å²) in [6, 6.07) is 0.271. The van der Waals surface area contributed by atoms with Gasteiger partial charge >= 0.3 is 5.97 Å². The highest BCUT2D eigenvalue weighted by Crippen LogP contribution is 2.54. The molecule has 0 amide bonds. The molecule has 8 heteroatoms. The van der Waals surface area contributed by atoms with Crippen molar-refractivity contribution in [3.05, 3.63) is 11.3 Å². The third kappa shape index (κ3) is 2.71. The highest BCUT2D eigenvalue weighted by molar-refractivity contribution is 5.68. The van der Waals surface area contributed by atoms with E-state index < -0.39 is 12.4 Å². The molecule has 0 spiro atoms.